The predicted octanol–water partition coefficient (Wildman–Crippen LogP) is 2.80. The van der Waals surface area contributed by atoms with Crippen molar-refractivity contribution in [2.45, 2.75) is 25.9 Å². The fourth-order valence-electron chi connectivity index (χ4n) is 1.89. The summed E-state index contributed by atoms with van der Waals surface area (Å²) < 4.78 is 1.89. The molecule has 1 unspecified atom stereocenters. The number of nitrogens with zero attached hydrogens (tertiary/aromatic N) is 2. The molecule has 4 heteroatoms. The zero-order valence-electron chi connectivity index (χ0n) is 9.81. The molecule has 0 fully saturated rings. The SMILES string of the molecule is CCn1ncc(Cl)c1CC(N)c1ccccc1. The van der Waals surface area contributed by atoms with Gasteiger partial charge < -0.3 is 5.73 Å². The summed E-state index contributed by atoms with van der Waals surface area (Å²) in [5.74, 6) is 0. The first-order chi connectivity index (χ1) is 8.22. The van der Waals surface area contributed by atoms with E-state index in [1.165, 1.54) is 0 Å². The summed E-state index contributed by atoms with van der Waals surface area (Å²) in [6, 6.07) is 9.99. The minimum absolute atomic E-state index is 0.0456. The highest BCUT2D eigenvalue weighted by Gasteiger charge is 2.13. The van der Waals surface area contributed by atoms with Gasteiger partial charge in [-0.3, -0.25) is 4.68 Å². The van der Waals surface area contributed by atoms with Gasteiger partial charge in [-0.05, 0) is 12.5 Å². The Morgan fingerprint density at radius 1 is 1.35 bits per heavy atom. The molecule has 1 atom stereocenters. The number of nitrogens with two attached hydrogens (primary N) is 1. The van der Waals surface area contributed by atoms with Crippen molar-refractivity contribution < 1.29 is 0 Å². The summed E-state index contributed by atoms with van der Waals surface area (Å²) in [4.78, 5) is 0. The maximum atomic E-state index is 6.18. The van der Waals surface area contributed by atoms with E-state index in [4.69, 9.17) is 17.3 Å². The fourth-order valence-corrected chi connectivity index (χ4v) is 2.11. The van der Waals surface area contributed by atoms with Crippen molar-refractivity contribution >= 4 is 11.6 Å². The molecule has 0 bridgehead atoms. The summed E-state index contributed by atoms with van der Waals surface area (Å²) >= 11 is 6.12. The van der Waals surface area contributed by atoms with Crippen molar-refractivity contribution in [3.63, 3.8) is 0 Å². The van der Waals surface area contributed by atoms with Crippen LogP contribution >= 0.6 is 11.6 Å². The Morgan fingerprint density at radius 2 is 2.06 bits per heavy atom. The molecule has 17 heavy (non-hydrogen) atoms. The van der Waals surface area contributed by atoms with E-state index in [0.717, 1.165) is 17.8 Å². The van der Waals surface area contributed by atoms with Crippen LogP contribution in [0.2, 0.25) is 5.02 Å². The van der Waals surface area contributed by atoms with Gasteiger partial charge in [0, 0.05) is 19.0 Å². The zero-order chi connectivity index (χ0) is 12.3. The van der Waals surface area contributed by atoms with E-state index >= 15 is 0 Å². The number of aryl methyl sites for hydroxylation is 1. The van der Waals surface area contributed by atoms with Gasteiger partial charge in [0.1, 0.15) is 0 Å². The van der Waals surface area contributed by atoms with Gasteiger partial charge in [0.25, 0.3) is 0 Å². The van der Waals surface area contributed by atoms with Gasteiger partial charge in [0.2, 0.25) is 0 Å². The van der Waals surface area contributed by atoms with Crippen LogP contribution in [0.5, 0.6) is 0 Å². The van der Waals surface area contributed by atoms with Gasteiger partial charge in [-0.15, -0.1) is 0 Å². The normalized spacial score (nSPS) is 12.6. The van der Waals surface area contributed by atoms with Gasteiger partial charge >= 0.3 is 0 Å². The molecular weight excluding hydrogens is 234 g/mol. The lowest BCUT2D eigenvalue weighted by atomic mass is 10.0. The van der Waals surface area contributed by atoms with E-state index in [1.807, 2.05) is 41.9 Å². The molecule has 0 radical (unpaired) electrons. The number of rotatable bonds is 4. The lowest BCUT2D eigenvalue weighted by Gasteiger charge is -2.13. The summed E-state index contributed by atoms with van der Waals surface area (Å²) in [7, 11) is 0. The zero-order valence-corrected chi connectivity index (χ0v) is 10.6. The van der Waals surface area contributed by atoms with Crippen molar-refractivity contribution in [1.82, 2.24) is 9.78 Å². The Morgan fingerprint density at radius 3 is 2.71 bits per heavy atom. The molecule has 0 aliphatic rings. The summed E-state index contributed by atoms with van der Waals surface area (Å²) in [5.41, 5.74) is 8.30. The van der Waals surface area contributed by atoms with Crippen LogP contribution in [0.1, 0.15) is 24.2 Å². The lowest BCUT2D eigenvalue weighted by Crippen LogP contribution is -2.16. The van der Waals surface area contributed by atoms with Crippen LogP contribution in [0.25, 0.3) is 0 Å². The third-order valence-corrected chi connectivity index (χ3v) is 3.15. The molecule has 2 N–H and O–H groups in total. The molecule has 1 aromatic carbocycles. The molecule has 0 amide bonds. The van der Waals surface area contributed by atoms with Crippen LogP contribution < -0.4 is 5.73 Å². The minimum atomic E-state index is -0.0456. The second kappa shape index (κ2) is 5.34. The summed E-state index contributed by atoms with van der Waals surface area (Å²) in [5, 5.41) is 4.90. The minimum Gasteiger partial charge on any atom is -0.324 e. The Labute approximate surface area is 106 Å². The maximum Gasteiger partial charge on any atom is 0.0818 e. The molecule has 0 aliphatic heterocycles. The van der Waals surface area contributed by atoms with Crippen molar-refractivity contribution in [1.29, 1.82) is 0 Å². The smallest absolute Gasteiger partial charge is 0.0818 e. The second-order valence-corrected chi connectivity index (χ2v) is 4.38. The number of hydrogen-bond donors (Lipinski definition) is 1. The van der Waals surface area contributed by atoms with Gasteiger partial charge in [-0.1, -0.05) is 41.9 Å². The molecule has 90 valence electrons. The molecule has 3 nitrogen and oxygen atoms in total. The van der Waals surface area contributed by atoms with E-state index in [9.17, 15) is 0 Å². The van der Waals surface area contributed by atoms with Gasteiger partial charge in [-0.25, -0.2) is 0 Å². The van der Waals surface area contributed by atoms with Crippen molar-refractivity contribution in [3.8, 4) is 0 Å². The van der Waals surface area contributed by atoms with Crippen molar-refractivity contribution in [2.75, 3.05) is 0 Å². The number of halogens is 1. The molecule has 0 saturated carbocycles. The molecule has 1 heterocycles. The third kappa shape index (κ3) is 2.68. The highest BCUT2D eigenvalue weighted by Crippen LogP contribution is 2.21. The monoisotopic (exact) mass is 249 g/mol. The third-order valence-electron chi connectivity index (χ3n) is 2.84. The largest absolute Gasteiger partial charge is 0.324 e. The molecule has 0 saturated heterocycles. The van der Waals surface area contributed by atoms with Gasteiger partial charge in [-0.2, -0.15) is 5.10 Å². The summed E-state index contributed by atoms with van der Waals surface area (Å²) in [6.45, 7) is 2.85. The molecule has 1 aromatic heterocycles. The predicted molar refractivity (Wildman–Crippen MR) is 70.0 cm³/mol. The average molecular weight is 250 g/mol. The first kappa shape index (κ1) is 12.1. The molecule has 2 aromatic rings. The van der Waals surface area contributed by atoms with Gasteiger partial charge in [0.15, 0.2) is 0 Å². The van der Waals surface area contributed by atoms with E-state index in [1.54, 1.807) is 6.20 Å². The van der Waals surface area contributed by atoms with Crippen LogP contribution in [0.4, 0.5) is 0 Å². The molecule has 0 aliphatic carbocycles. The Bertz CT molecular complexity index is 479. The van der Waals surface area contributed by atoms with Crippen LogP contribution in [0.15, 0.2) is 36.5 Å². The number of benzene rings is 1. The second-order valence-electron chi connectivity index (χ2n) is 3.98. The van der Waals surface area contributed by atoms with E-state index < -0.39 is 0 Å². The van der Waals surface area contributed by atoms with Crippen LogP contribution in [0.3, 0.4) is 0 Å². The quantitative estimate of drug-likeness (QED) is 0.906. The summed E-state index contributed by atoms with van der Waals surface area (Å²) in [6.07, 6.45) is 2.38. The maximum absolute atomic E-state index is 6.18. The van der Waals surface area contributed by atoms with Crippen molar-refractivity contribution in [3.05, 3.63) is 52.8 Å². The Hall–Kier alpha value is -1.32. The van der Waals surface area contributed by atoms with Gasteiger partial charge in [0.05, 0.1) is 16.9 Å². The molecule has 2 rings (SSSR count). The van der Waals surface area contributed by atoms with Crippen molar-refractivity contribution in [2.24, 2.45) is 5.73 Å². The van der Waals surface area contributed by atoms with Crippen LogP contribution in [-0.2, 0) is 13.0 Å². The lowest BCUT2D eigenvalue weighted by molar-refractivity contribution is 0.590. The highest BCUT2D eigenvalue weighted by atomic mass is 35.5. The molecular formula is C13H16ClN3. The van der Waals surface area contributed by atoms with E-state index in [2.05, 4.69) is 5.10 Å². The first-order valence-corrected chi connectivity index (χ1v) is 6.11. The molecule has 0 spiro atoms. The average Bonchev–Trinajstić information content (AvgIpc) is 2.71. The van der Waals surface area contributed by atoms with E-state index in [0.29, 0.717) is 11.4 Å². The van der Waals surface area contributed by atoms with Crippen LogP contribution in [0, 0.1) is 0 Å². The first-order valence-electron chi connectivity index (χ1n) is 5.73. The Balaban J connectivity index is 2.18. The highest BCUT2D eigenvalue weighted by molar-refractivity contribution is 6.31. The van der Waals surface area contributed by atoms with E-state index in [-0.39, 0.29) is 6.04 Å². The Kier molecular flexibility index (Phi) is 3.82. The number of aromatic nitrogens is 2. The number of hydrogen-bond acceptors (Lipinski definition) is 2. The standard InChI is InChI=1S/C13H16ClN3/c1-2-17-13(11(14)9-16-17)8-12(15)10-6-4-3-5-7-10/h3-7,9,12H,2,8,15H2,1H3. The topological polar surface area (TPSA) is 43.8 Å². The fraction of sp³-hybridized carbons (Fsp3) is 0.308. The van der Waals surface area contributed by atoms with Crippen LogP contribution in [-0.4, -0.2) is 9.78 Å².